The number of aromatic nitrogens is 1. The largest absolute Gasteiger partial charge is 0.444 e. The SMILES string of the molecule is CNCc1cnc(Cc2ccc(Br)cc2)o1. The Morgan fingerprint density at radius 2 is 2.06 bits per heavy atom. The van der Waals surface area contributed by atoms with Crippen molar-refractivity contribution in [2.75, 3.05) is 7.05 Å². The zero-order chi connectivity index (χ0) is 11.4. The topological polar surface area (TPSA) is 38.1 Å². The quantitative estimate of drug-likeness (QED) is 0.936. The Balaban J connectivity index is 2.05. The van der Waals surface area contributed by atoms with Gasteiger partial charge in [0.1, 0.15) is 5.76 Å². The highest BCUT2D eigenvalue weighted by Crippen LogP contribution is 2.14. The van der Waals surface area contributed by atoms with Gasteiger partial charge in [-0.05, 0) is 24.7 Å². The van der Waals surface area contributed by atoms with Crippen molar-refractivity contribution in [3.8, 4) is 0 Å². The first-order chi connectivity index (χ1) is 7.78. The van der Waals surface area contributed by atoms with Crippen LogP contribution < -0.4 is 5.32 Å². The van der Waals surface area contributed by atoms with Crippen LogP contribution >= 0.6 is 15.9 Å². The molecule has 0 unspecified atom stereocenters. The van der Waals surface area contributed by atoms with Gasteiger partial charge in [0.2, 0.25) is 0 Å². The number of hydrogen-bond acceptors (Lipinski definition) is 3. The Morgan fingerprint density at radius 3 is 2.75 bits per heavy atom. The van der Waals surface area contributed by atoms with Gasteiger partial charge in [-0.2, -0.15) is 0 Å². The predicted octanol–water partition coefficient (Wildman–Crippen LogP) is 2.75. The second kappa shape index (κ2) is 5.27. The van der Waals surface area contributed by atoms with Crippen LogP contribution in [0.3, 0.4) is 0 Å². The van der Waals surface area contributed by atoms with E-state index >= 15 is 0 Å². The van der Waals surface area contributed by atoms with Crippen LogP contribution in [0.4, 0.5) is 0 Å². The number of nitrogens with zero attached hydrogens (tertiary/aromatic N) is 1. The molecule has 84 valence electrons. The molecule has 1 N–H and O–H groups in total. The highest BCUT2D eigenvalue weighted by molar-refractivity contribution is 9.10. The second-order valence-electron chi connectivity index (χ2n) is 3.55. The van der Waals surface area contributed by atoms with Crippen molar-refractivity contribution in [1.82, 2.24) is 10.3 Å². The van der Waals surface area contributed by atoms with Crippen LogP contribution in [0.1, 0.15) is 17.2 Å². The highest BCUT2D eigenvalue weighted by Gasteiger charge is 2.04. The zero-order valence-electron chi connectivity index (χ0n) is 9.03. The lowest BCUT2D eigenvalue weighted by Gasteiger charge is -1.97. The summed E-state index contributed by atoms with van der Waals surface area (Å²) in [6.45, 7) is 0.716. The summed E-state index contributed by atoms with van der Waals surface area (Å²) in [5.41, 5.74) is 1.20. The van der Waals surface area contributed by atoms with Crippen LogP contribution in [0.5, 0.6) is 0 Å². The summed E-state index contributed by atoms with van der Waals surface area (Å²) in [6.07, 6.45) is 2.50. The van der Waals surface area contributed by atoms with E-state index in [1.807, 2.05) is 19.2 Å². The van der Waals surface area contributed by atoms with Gasteiger partial charge in [0.25, 0.3) is 0 Å². The molecule has 4 heteroatoms. The van der Waals surface area contributed by atoms with Crippen molar-refractivity contribution in [2.45, 2.75) is 13.0 Å². The molecule has 1 heterocycles. The molecule has 1 aromatic heterocycles. The normalized spacial score (nSPS) is 10.6. The maximum atomic E-state index is 5.57. The van der Waals surface area contributed by atoms with E-state index in [2.05, 4.69) is 38.4 Å². The van der Waals surface area contributed by atoms with Crippen molar-refractivity contribution in [3.63, 3.8) is 0 Å². The maximum absolute atomic E-state index is 5.57. The van der Waals surface area contributed by atoms with E-state index in [4.69, 9.17) is 4.42 Å². The summed E-state index contributed by atoms with van der Waals surface area (Å²) in [5.74, 6) is 1.63. The van der Waals surface area contributed by atoms with E-state index in [0.29, 0.717) is 6.54 Å². The molecule has 0 bridgehead atoms. The van der Waals surface area contributed by atoms with E-state index in [1.54, 1.807) is 6.20 Å². The van der Waals surface area contributed by atoms with E-state index in [-0.39, 0.29) is 0 Å². The summed E-state index contributed by atoms with van der Waals surface area (Å²) in [5, 5.41) is 3.03. The lowest BCUT2D eigenvalue weighted by atomic mass is 10.1. The third-order valence-electron chi connectivity index (χ3n) is 2.22. The Labute approximate surface area is 103 Å². The van der Waals surface area contributed by atoms with Crippen molar-refractivity contribution in [1.29, 1.82) is 0 Å². The predicted molar refractivity (Wildman–Crippen MR) is 66.2 cm³/mol. The molecule has 0 fully saturated rings. The summed E-state index contributed by atoms with van der Waals surface area (Å²) >= 11 is 3.41. The number of oxazole rings is 1. The molecule has 0 atom stereocenters. The molecule has 0 spiro atoms. The molecular weight excluding hydrogens is 268 g/mol. The Morgan fingerprint density at radius 1 is 1.31 bits per heavy atom. The number of benzene rings is 1. The monoisotopic (exact) mass is 280 g/mol. The molecule has 2 rings (SSSR count). The minimum atomic E-state index is 0.716. The number of halogens is 1. The molecule has 0 aliphatic heterocycles. The third kappa shape index (κ3) is 2.93. The van der Waals surface area contributed by atoms with Crippen molar-refractivity contribution in [2.24, 2.45) is 0 Å². The first-order valence-corrected chi connectivity index (χ1v) is 5.90. The average Bonchev–Trinajstić information content (AvgIpc) is 2.70. The van der Waals surface area contributed by atoms with Gasteiger partial charge in [-0.1, -0.05) is 28.1 Å². The van der Waals surface area contributed by atoms with Gasteiger partial charge in [-0.25, -0.2) is 4.98 Å². The summed E-state index contributed by atoms with van der Waals surface area (Å²) in [7, 11) is 1.89. The molecule has 2 aromatic rings. The van der Waals surface area contributed by atoms with Gasteiger partial charge in [0, 0.05) is 10.9 Å². The van der Waals surface area contributed by atoms with Gasteiger partial charge in [0.05, 0.1) is 12.7 Å². The Kier molecular flexibility index (Phi) is 3.74. The second-order valence-corrected chi connectivity index (χ2v) is 4.47. The summed E-state index contributed by atoms with van der Waals surface area (Å²) < 4.78 is 6.66. The van der Waals surface area contributed by atoms with Crippen molar-refractivity contribution >= 4 is 15.9 Å². The number of rotatable bonds is 4. The molecule has 3 nitrogen and oxygen atoms in total. The zero-order valence-corrected chi connectivity index (χ0v) is 10.6. The molecule has 0 saturated heterocycles. The summed E-state index contributed by atoms with van der Waals surface area (Å²) in [6, 6.07) is 8.16. The average molecular weight is 281 g/mol. The minimum absolute atomic E-state index is 0.716. The van der Waals surface area contributed by atoms with Gasteiger partial charge in [-0.15, -0.1) is 0 Å². The van der Waals surface area contributed by atoms with Crippen LogP contribution in [0.2, 0.25) is 0 Å². The molecular formula is C12H13BrN2O. The van der Waals surface area contributed by atoms with E-state index < -0.39 is 0 Å². The fraction of sp³-hybridized carbons (Fsp3) is 0.250. The molecule has 0 saturated carbocycles. The van der Waals surface area contributed by atoms with Crippen LogP contribution in [-0.2, 0) is 13.0 Å². The lowest BCUT2D eigenvalue weighted by Crippen LogP contribution is -2.03. The Hall–Kier alpha value is -1.13. The fourth-order valence-corrected chi connectivity index (χ4v) is 1.73. The molecule has 1 aromatic carbocycles. The van der Waals surface area contributed by atoms with Crippen LogP contribution in [0, 0.1) is 0 Å². The van der Waals surface area contributed by atoms with E-state index in [9.17, 15) is 0 Å². The first-order valence-electron chi connectivity index (χ1n) is 5.10. The molecule has 16 heavy (non-hydrogen) atoms. The Bertz CT molecular complexity index is 450. The molecule has 0 aliphatic carbocycles. The standard InChI is InChI=1S/C12H13BrN2O/c1-14-7-11-8-15-12(16-11)6-9-2-4-10(13)5-3-9/h2-5,8,14H,6-7H2,1H3. The van der Waals surface area contributed by atoms with Gasteiger partial charge in [0.15, 0.2) is 5.89 Å². The van der Waals surface area contributed by atoms with Crippen LogP contribution in [-0.4, -0.2) is 12.0 Å². The maximum Gasteiger partial charge on any atom is 0.198 e. The van der Waals surface area contributed by atoms with E-state index in [1.165, 1.54) is 5.56 Å². The van der Waals surface area contributed by atoms with Crippen LogP contribution in [0.15, 0.2) is 39.4 Å². The lowest BCUT2D eigenvalue weighted by molar-refractivity contribution is 0.454. The number of nitrogens with one attached hydrogen (secondary N) is 1. The van der Waals surface area contributed by atoms with Gasteiger partial charge in [-0.3, -0.25) is 0 Å². The highest BCUT2D eigenvalue weighted by atomic mass is 79.9. The molecule has 0 aliphatic rings. The number of hydrogen-bond donors (Lipinski definition) is 1. The van der Waals surface area contributed by atoms with Crippen molar-refractivity contribution < 1.29 is 4.42 Å². The minimum Gasteiger partial charge on any atom is -0.444 e. The van der Waals surface area contributed by atoms with Gasteiger partial charge >= 0.3 is 0 Å². The van der Waals surface area contributed by atoms with Crippen LogP contribution in [0.25, 0.3) is 0 Å². The van der Waals surface area contributed by atoms with Gasteiger partial charge < -0.3 is 9.73 Å². The smallest absolute Gasteiger partial charge is 0.198 e. The van der Waals surface area contributed by atoms with Crippen molar-refractivity contribution in [3.05, 3.63) is 52.1 Å². The first kappa shape index (κ1) is 11.4. The summed E-state index contributed by atoms with van der Waals surface area (Å²) in [4.78, 5) is 4.23. The molecule has 0 radical (unpaired) electrons. The third-order valence-corrected chi connectivity index (χ3v) is 2.75. The fourth-order valence-electron chi connectivity index (χ4n) is 1.46. The molecule has 0 amide bonds. The van der Waals surface area contributed by atoms with E-state index in [0.717, 1.165) is 22.5 Å².